The minimum absolute atomic E-state index is 0.315. The number of ether oxygens (including phenoxy) is 2. The number of thioether (sulfide) groups is 1. The predicted molar refractivity (Wildman–Crippen MR) is 134 cm³/mol. The zero-order valence-corrected chi connectivity index (χ0v) is 20.2. The van der Waals surface area contributed by atoms with Crippen molar-refractivity contribution >= 4 is 33.9 Å². The average Bonchev–Trinajstić information content (AvgIpc) is 3.45. The van der Waals surface area contributed by atoms with E-state index in [0.29, 0.717) is 18.9 Å². The first-order valence-corrected chi connectivity index (χ1v) is 12.2. The molecular weight excluding hydrogens is 454 g/mol. The number of allylic oxidation sites excluding steroid dienone is 1. The minimum atomic E-state index is 0.315. The molecule has 0 bridgehead atoms. The van der Waals surface area contributed by atoms with Crippen molar-refractivity contribution < 1.29 is 9.47 Å². The van der Waals surface area contributed by atoms with Crippen molar-refractivity contribution in [3.63, 3.8) is 0 Å². The molecule has 7 nitrogen and oxygen atoms in total. The van der Waals surface area contributed by atoms with Gasteiger partial charge in [0.25, 0.3) is 0 Å². The van der Waals surface area contributed by atoms with Crippen LogP contribution in [0.2, 0.25) is 0 Å². The summed E-state index contributed by atoms with van der Waals surface area (Å²) in [6, 6.07) is 15.7. The zero-order valence-electron chi connectivity index (χ0n) is 18.5. The molecule has 0 aliphatic rings. The third kappa shape index (κ3) is 6.15. The van der Waals surface area contributed by atoms with Crippen LogP contribution in [0, 0.1) is 6.92 Å². The van der Waals surface area contributed by atoms with Gasteiger partial charge >= 0.3 is 0 Å². The van der Waals surface area contributed by atoms with Crippen LogP contribution in [-0.4, -0.2) is 26.9 Å². The van der Waals surface area contributed by atoms with E-state index in [-0.39, 0.29) is 0 Å². The molecule has 0 unspecified atom stereocenters. The highest BCUT2D eigenvalue weighted by Gasteiger charge is 2.14. The number of hydrogen-bond donors (Lipinski definition) is 1. The quantitative estimate of drug-likeness (QED) is 0.214. The van der Waals surface area contributed by atoms with Crippen LogP contribution in [0.25, 0.3) is 0 Å². The smallest absolute Gasteiger partial charge is 0.191 e. The summed E-state index contributed by atoms with van der Waals surface area (Å²) < 4.78 is 13.1. The van der Waals surface area contributed by atoms with E-state index in [0.717, 1.165) is 39.0 Å². The molecule has 0 radical (unpaired) electrons. The fourth-order valence-corrected chi connectivity index (χ4v) is 4.69. The number of aromatic nitrogens is 4. The van der Waals surface area contributed by atoms with Gasteiger partial charge in [-0.25, -0.2) is 4.98 Å². The summed E-state index contributed by atoms with van der Waals surface area (Å²) in [5, 5.41) is 15.8. The summed E-state index contributed by atoms with van der Waals surface area (Å²) in [6.45, 7) is 6.86. The van der Waals surface area contributed by atoms with Crippen molar-refractivity contribution in [3.05, 3.63) is 83.6 Å². The lowest BCUT2D eigenvalue weighted by Crippen LogP contribution is -2.07. The number of rotatable bonds is 11. The molecule has 0 amide bonds. The van der Waals surface area contributed by atoms with Gasteiger partial charge in [-0.15, -0.1) is 28.1 Å². The third-order valence-electron chi connectivity index (χ3n) is 4.74. The second kappa shape index (κ2) is 11.0. The highest BCUT2D eigenvalue weighted by Crippen LogP contribution is 2.27. The molecule has 9 heteroatoms. The van der Waals surface area contributed by atoms with E-state index in [1.807, 2.05) is 34.9 Å². The van der Waals surface area contributed by atoms with Crippen LogP contribution in [-0.2, 0) is 18.9 Å². The fraction of sp³-hybridized carbons (Fsp3) is 0.208. The summed E-state index contributed by atoms with van der Waals surface area (Å²) in [6.07, 6.45) is 1.83. The van der Waals surface area contributed by atoms with Gasteiger partial charge in [-0.3, -0.25) is 4.57 Å². The van der Waals surface area contributed by atoms with Crippen molar-refractivity contribution in [2.45, 2.75) is 31.0 Å². The van der Waals surface area contributed by atoms with Crippen LogP contribution in [0.5, 0.6) is 11.5 Å². The largest absolute Gasteiger partial charge is 0.497 e. The summed E-state index contributed by atoms with van der Waals surface area (Å²) >= 11 is 3.18. The molecule has 2 heterocycles. The van der Waals surface area contributed by atoms with E-state index in [1.54, 1.807) is 30.2 Å². The predicted octanol–water partition coefficient (Wildman–Crippen LogP) is 5.85. The summed E-state index contributed by atoms with van der Waals surface area (Å²) in [5.74, 6) is 2.97. The molecule has 170 valence electrons. The number of methoxy groups -OCH3 is 1. The fourth-order valence-electron chi connectivity index (χ4n) is 2.99. The molecule has 0 saturated heterocycles. The van der Waals surface area contributed by atoms with Crippen molar-refractivity contribution in [1.82, 2.24) is 19.7 Å². The Labute approximate surface area is 201 Å². The Balaban J connectivity index is 1.36. The lowest BCUT2D eigenvalue weighted by molar-refractivity contribution is 0.288. The minimum Gasteiger partial charge on any atom is -0.497 e. The van der Waals surface area contributed by atoms with Crippen LogP contribution in [0.1, 0.15) is 17.1 Å². The first-order chi connectivity index (χ1) is 16.1. The van der Waals surface area contributed by atoms with Crippen LogP contribution in [0.4, 0.5) is 10.8 Å². The number of benzene rings is 2. The standard InChI is InChI=1S/C24H25N5O2S2/c1-4-13-29-22(14-31-21-11-9-20(30-3)10-12-21)27-28-24(29)33-16-19-15-32-23(26-19)25-18-7-5-17(2)6-8-18/h4-12,15H,1,13-14,16H2,2-3H3,(H,25,26). The Morgan fingerprint density at radius 1 is 1.09 bits per heavy atom. The van der Waals surface area contributed by atoms with Crippen LogP contribution >= 0.6 is 23.1 Å². The first kappa shape index (κ1) is 22.9. The van der Waals surface area contributed by atoms with Gasteiger partial charge in [0.05, 0.1) is 12.8 Å². The molecule has 0 atom stereocenters. The molecule has 4 rings (SSSR count). The zero-order chi connectivity index (χ0) is 23.0. The second-order valence-corrected chi connectivity index (χ2v) is 8.99. The van der Waals surface area contributed by atoms with Crippen molar-refractivity contribution in [3.8, 4) is 11.5 Å². The molecule has 1 N–H and O–H groups in total. The monoisotopic (exact) mass is 479 g/mol. The molecule has 33 heavy (non-hydrogen) atoms. The van der Waals surface area contributed by atoms with Gasteiger partial charge in [-0.1, -0.05) is 35.5 Å². The summed E-state index contributed by atoms with van der Waals surface area (Å²) in [5.41, 5.74) is 3.25. The molecule has 2 aromatic heterocycles. The maximum Gasteiger partial charge on any atom is 0.191 e. The summed E-state index contributed by atoms with van der Waals surface area (Å²) in [4.78, 5) is 4.69. The lowest BCUT2D eigenvalue weighted by Gasteiger charge is -2.09. The number of nitrogens with zero attached hydrogens (tertiary/aromatic N) is 4. The Hall–Kier alpha value is -3.30. The van der Waals surface area contributed by atoms with Crippen LogP contribution < -0.4 is 14.8 Å². The molecule has 0 aliphatic carbocycles. The molecular formula is C24H25N5O2S2. The maximum atomic E-state index is 5.88. The maximum absolute atomic E-state index is 5.88. The number of nitrogens with one attached hydrogen (secondary N) is 1. The van der Waals surface area contributed by atoms with Crippen molar-refractivity contribution in [1.29, 1.82) is 0 Å². The van der Waals surface area contributed by atoms with Crippen molar-refractivity contribution in [2.75, 3.05) is 12.4 Å². The number of thiazole rings is 1. The van der Waals surface area contributed by atoms with Gasteiger partial charge in [0.15, 0.2) is 16.1 Å². The van der Waals surface area contributed by atoms with E-state index < -0.39 is 0 Å². The Bertz CT molecular complexity index is 1190. The highest BCUT2D eigenvalue weighted by molar-refractivity contribution is 7.98. The first-order valence-electron chi connectivity index (χ1n) is 10.4. The Morgan fingerprint density at radius 3 is 2.58 bits per heavy atom. The number of anilines is 2. The molecule has 0 spiro atoms. The van der Waals surface area contributed by atoms with E-state index in [1.165, 1.54) is 5.56 Å². The van der Waals surface area contributed by atoms with Gasteiger partial charge in [0.2, 0.25) is 0 Å². The van der Waals surface area contributed by atoms with E-state index in [4.69, 9.17) is 9.47 Å². The SMILES string of the molecule is C=CCn1c(COc2ccc(OC)cc2)nnc1SCc1csc(Nc2ccc(C)cc2)n1. The summed E-state index contributed by atoms with van der Waals surface area (Å²) in [7, 11) is 1.64. The average molecular weight is 480 g/mol. The lowest BCUT2D eigenvalue weighted by atomic mass is 10.2. The third-order valence-corrected chi connectivity index (χ3v) is 6.54. The van der Waals surface area contributed by atoms with Gasteiger partial charge in [0, 0.05) is 23.4 Å². The normalized spacial score (nSPS) is 10.7. The molecule has 0 saturated carbocycles. The molecule has 4 aromatic rings. The highest BCUT2D eigenvalue weighted by atomic mass is 32.2. The van der Waals surface area contributed by atoms with Crippen molar-refractivity contribution in [2.24, 2.45) is 0 Å². The topological polar surface area (TPSA) is 74.1 Å². The molecule has 0 fully saturated rings. The molecule has 0 aliphatic heterocycles. The Morgan fingerprint density at radius 2 is 1.85 bits per heavy atom. The van der Waals surface area contributed by atoms with Crippen LogP contribution in [0.15, 0.2) is 71.7 Å². The number of hydrogen-bond acceptors (Lipinski definition) is 8. The Kier molecular flexibility index (Phi) is 7.64. The van der Waals surface area contributed by atoms with Gasteiger partial charge in [-0.2, -0.15) is 0 Å². The van der Waals surface area contributed by atoms with Gasteiger partial charge in [0.1, 0.15) is 18.1 Å². The molecule has 2 aromatic carbocycles. The van der Waals surface area contributed by atoms with E-state index in [9.17, 15) is 0 Å². The second-order valence-electron chi connectivity index (χ2n) is 7.19. The van der Waals surface area contributed by atoms with Gasteiger partial charge in [-0.05, 0) is 43.3 Å². The van der Waals surface area contributed by atoms with E-state index in [2.05, 4.69) is 63.6 Å². The van der Waals surface area contributed by atoms with E-state index >= 15 is 0 Å². The van der Waals surface area contributed by atoms with Crippen LogP contribution in [0.3, 0.4) is 0 Å². The number of aryl methyl sites for hydroxylation is 1. The van der Waals surface area contributed by atoms with Gasteiger partial charge < -0.3 is 14.8 Å².